The number of hydrogen-bond donors (Lipinski definition) is 1. The number of ether oxygens (including phenoxy) is 1. The van der Waals surface area contributed by atoms with Crippen LogP contribution in [0, 0.1) is 5.82 Å². The highest BCUT2D eigenvalue weighted by molar-refractivity contribution is 7.91. The highest BCUT2D eigenvalue weighted by Gasteiger charge is 2.31. The van der Waals surface area contributed by atoms with E-state index in [1.165, 1.54) is 12.1 Å². The molecule has 1 heterocycles. The Morgan fingerprint density at radius 3 is 2.78 bits per heavy atom. The largest absolute Gasteiger partial charge is 0.458 e. The van der Waals surface area contributed by atoms with Gasteiger partial charge in [-0.15, -0.1) is 0 Å². The van der Waals surface area contributed by atoms with E-state index in [9.17, 15) is 17.6 Å². The van der Waals surface area contributed by atoms with Crippen molar-refractivity contribution in [3.63, 3.8) is 0 Å². The van der Waals surface area contributed by atoms with Gasteiger partial charge >= 0.3 is 5.97 Å². The van der Waals surface area contributed by atoms with Gasteiger partial charge in [0.15, 0.2) is 9.84 Å². The third kappa shape index (κ3) is 2.79. The van der Waals surface area contributed by atoms with E-state index in [0.29, 0.717) is 0 Å². The third-order valence-electron chi connectivity index (χ3n) is 2.67. The molecule has 1 saturated heterocycles. The van der Waals surface area contributed by atoms with Gasteiger partial charge in [-0.3, -0.25) is 0 Å². The minimum atomic E-state index is -3.14. The van der Waals surface area contributed by atoms with Crippen LogP contribution in [0.2, 0.25) is 0 Å². The Labute approximate surface area is 104 Å². The van der Waals surface area contributed by atoms with Crippen LogP contribution in [0.3, 0.4) is 0 Å². The predicted octanol–water partition coefficient (Wildman–Crippen LogP) is 0.752. The van der Waals surface area contributed by atoms with Crippen LogP contribution < -0.4 is 5.73 Å². The van der Waals surface area contributed by atoms with Crippen LogP contribution >= 0.6 is 0 Å². The zero-order chi connectivity index (χ0) is 13.3. The minimum Gasteiger partial charge on any atom is -0.458 e. The Kier molecular flexibility index (Phi) is 3.25. The van der Waals surface area contributed by atoms with E-state index >= 15 is 0 Å². The van der Waals surface area contributed by atoms with Gasteiger partial charge in [0.05, 0.1) is 17.1 Å². The smallest absolute Gasteiger partial charge is 0.341 e. The standard InChI is InChI=1S/C11H12FNO4S/c12-10-2-1-7(13)5-9(10)11(14)17-8-3-4-18(15,16)6-8/h1-2,5,8H,3-4,6,13H2. The number of esters is 1. The van der Waals surface area contributed by atoms with Crippen molar-refractivity contribution in [1.82, 2.24) is 0 Å². The number of benzene rings is 1. The maximum absolute atomic E-state index is 13.4. The van der Waals surface area contributed by atoms with Gasteiger partial charge in [0.25, 0.3) is 0 Å². The number of sulfone groups is 1. The van der Waals surface area contributed by atoms with E-state index in [1.54, 1.807) is 0 Å². The fourth-order valence-electron chi connectivity index (χ4n) is 1.77. The molecule has 0 saturated carbocycles. The summed E-state index contributed by atoms with van der Waals surface area (Å²) in [5.74, 6) is -1.84. The van der Waals surface area contributed by atoms with Crippen LogP contribution in [-0.2, 0) is 14.6 Å². The van der Waals surface area contributed by atoms with Crippen LogP contribution in [0.1, 0.15) is 16.8 Å². The van der Waals surface area contributed by atoms with Gasteiger partial charge < -0.3 is 10.5 Å². The molecule has 1 aromatic carbocycles. The number of nitrogen functional groups attached to an aromatic ring is 1. The molecule has 1 atom stereocenters. The molecule has 0 bridgehead atoms. The second-order valence-corrected chi connectivity index (χ2v) is 6.40. The summed E-state index contributed by atoms with van der Waals surface area (Å²) in [4.78, 5) is 11.7. The van der Waals surface area contributed by atoms with E-state index in [4.69, 9.17) is 10.5 Å². The predicted molar refractivity (Wildman–Crippen MR) is 63.3 cm³/mol. The molecule has 2 N–H and O–H groups in total. The molecular weight excluding hydrogens is 261 g/mol. The van der Waals surface area contributed by atoms with Gasteiger partial charge in [-0.2, -0.15) is 0 Å². The Balaban J connectivity index is 2.11. The Morgan fingerprint density at radius 1 is 1.44 bits per heavy atom. The molecule has 0 radical (unpaired) electrons. The lowest BCUT2D eigenvalue weighted by atomic mass is 10.2. The lowest BCUT2D eigenvalue weighted by Gasteiger charge is -2.10. The summed E-state index contributed by atoms with van der Waals surface area (Å²) in [6.45, 7) is 0. The Hall–Kier alpha value is -1.63. The molecule has 1 aromatic rings. The van der Waals surface area contributed by atoms with E-state index in [2.05, 4.69) is 0 Å². The molecule has 1 aliphatic rings. The van der Waals surface area contributed by atoms with Crippen LogP contribution in [0.15, 0.2) is 18.2 Å². The van der Waals surface area contributed by atoms with Crippen LogP contribution in [-0.4, -0.2) is 32.0 Å². The van der Waals surface area contributed by atoms with E-state index in [1.807, 2.05) is 0 Å². The number of hydrogen-bond acceptors (Lipinski definition) is 5. The summed E-state index contributed by atoms with van der Waals surface area (Å²) in [7, 11) is -3.14. The number of carbonyl (C=O) groups excluding carboxylic acids is 1. The van der Waals surface area contributed by atoms with E-state index in [0.717, 1.165) is 6.07 Å². The van der Waals surface area contributed by atoms with Gasteiger partial charge in [0.2, 0.25) is 0 Å². The Bertz CT molecular complexity index is 585. The average molecular weight is 273 g/mol. The summed E-state index contributed by atoms with van der Waals surface area (Å²) in [6.07, 6.45) is -0.457. The molecule has 7 heteroatoms. The second kappa shape index (κ2) is 4.56. The molecule has 0 amide bonds. The quantitative estimate of drug-likeness (QED) is 0.634. The van der Waals surface area contributed by atoms with Crippen molar-refractivity contribution in [2.24, 2.45) is 0 Å². The third-order valence-corrected chi connectivity index (χ3v) is 4.41. The lowest BCUT2D eigenvalue weighted by molar-refractivity contribution is 0.0351. The molecule has 2 rings (SSSR count). The topological polar surface area (TPSA) is 86.5 Å². The van der Waals surface area contributed by atoms with E-state index in [-0.39, 0.29) is 29.2 Å². The highest BCUT2D eigenvalue weighted by atomic mass is 32.2. The molecule has 98 valence electrons. The first-order valence-electron chi connectivity index (χ1n) is 5.34. The molecule has 1 aliphatic heterocycles. The summed E-state index contributed by atoms with van der Waals surface area (Å²) in [6, 6.07) is 3.56. The zero-order valence-corrected chi connectivity index (χ0v) is 10.2. The van der Waals surface area contributed by atoms with Gasteiger partial charge in [0.1, 0.15) is 11.9 Å². The zero-order valence-electron chi connectivity index (χ0n) is 9.43. The summed E-state index contributed by atoms with van der Waals surface area (Å²) < 4.78 is 40.7. The Morgan fingerprint density at radius 2 is 2.17 bits per heavy atom. The first-order chi connectivity index (χ1) is 8.37. The first-order valence-corrected chi connectivity index (χ1v) is 7.16. The SMILES string of the molecule is Nc1ccc(F)c(C(=O)OC2CCS(=O)(=O)C2)c1. The normalized spacial score (nSPS) is 21.7. The van der Waals surface area contributed by atoms with Crippen LogP contribution in [0.5, 0.6) is 0 Å². The van der Waals surface area contributed by atoms with Crippen molar-refractivity contribution in [2.75, 3.05) is 17.2 Å². The maximum atomic E-state index is 13.4. The van der Waals surface area contributed by atoms with Crippen LogP contribution in [0.4, 0.5) is 10.1 Å². The minimum absolute atomic E-state index is 0.00957. The number of anilines is 1. The molecule has 1 unspecified atom stereocenters. The molecule has 18 heavy (non-hydrogen) atoms. The molecule has 5 nitrogen and oxygen atoms in total. The number of nitrogens with two attached hydrogens (primary N) is 1. The average Bonchev–Trinajstić information content (AvgIpc) is 2.61. The number of rotatable bonds is 2. The van der Waals surface area contributed by atoms with Crippen molar-refractivity contribution < 1.29 is 22.3 Å². The highest BCUT2D eigenvalue weighted by Crippen LogP contribution is 2.19. The lowest BCUT2D eigenvalue weighted by Crippen LogP contribution is -2.20. The summed E-state index contributed by atoms with van der Waals surface area (Å²) >= 11 is 0. The molecule has 1 fully saturated rings. The number of carbonyl (C=O) groups is 1. The van der Waals surface area contributed by atoms with Crippen molar-refractivity contribution in [2.45, 2.75) is 12.5 Å². The number of halogens is 1. The fraction of sp³-hybridized carbons (Fsp3) is 0.364. The fourth-order valence-corrected chi connectivity index (χ4v) is 3.36. The van der Waals surface area contributed by atoms with E-state index < -0.39 is 27.7 Å². The van der Waals surface area contributed by atoms with Crippen molar-refractivity contribution >= 4 is 21.5 Å². The van der Waals surface area contributed by atoms with Gasteiger partial charge in [-0.05, 0) is 24.6 Å². The van der Waals surface area contributed by atoms with Crippen molar-refractivity contribution in [3.05, 3.63) is 29.6 Å². The van der Waals surface area contributed by atoms with Crippen molar-refractivity contribution in [3.8, 4) is 0 Å². The molecule has 0 spiro atoms. The summed E-state index contributed by atoms with van der Waals surface area (Å²) in [5.41, 5.74) is 5.41. The first kappa shape index (κ1) is 12.8. The van der Waals surface area contributed by atoms with Gasteiger partial charge in [-0.25, -0.2) is 17.6 Å². The van der Waals surface area contributed by atoms with Crippen LogP contribution in [0.25, 0.3) is 0 Å². The molecule has 0 aromatic heterocycles. The monoisotopic (exact) mass is 273 g/mol. The molecular formula is C11H12FNO4S. The van der Waals surface area contributed by atoms with Gasteiger partial charge in [0, 0.05) is 5.69 Å². The van der Waals surface area contributed by atoms with Crippen molar-refractivity contribution in [1.29, 1.82) is 0 Å². The molecule has 0 aliphatic carbocycles. The maximum Gasteiger partial charge on any atom is 0.341 e. The van der Waals surface area contributed by atoms with Gasteiger partial charge in [-0.1, -0.05) is 0 Å². The summed E-state index contributed by atoms with van der Waals surface area (Å²) in [5, 5.41) is 0. The second-order valence-electron chi connectivity index (χ2n) is 4.17.